The van der Waals surface area contributed by atoms with Crippen molar-refractivity contribution in [2.75, 3.05) is 13.7 Å². The molecule has 0 saturated heterocycles. The molecule has 8 heteroatoms. The van der Waals surface area contributed by atoms with Gasteiger partial charge in [-0.3, -0.25) is 0 Å². The molecule has 6 nitrogen and oxygen atoms in total. The highest BCUT2D eigenvalue weighted by molar-refractivity contribution is 6.76. The average Bonchev–Trinajstić information content (AvgIpc) is 3.02. The Hall–Kier alpha value is -2.76. The second-order valence-electron chi connectivity index (χ2n) is 8.19. The minimum atomic E-state index is -1.19. The van der Waals surface area contributed by atoms with Crippen molar-refractivity contribution in [2.24, 2.45) is 0 Å². The second-order valence-corrected chi connectivity index (χ2v) is 13.8. The number of ether oxygens (including phenoxy) is 2. The van der Waals surface area contributed by atoms with Gasteiger partial charge in [0.1, 0.15) is 18.6 Å². The molecule has 0 bridgehead atoms. The molecule has 0 amide bonds. The van der Waals surface area contributed by atoms with Crippen molar-refractivity contribution in [3.05, 3.63) is 41.3 Å². The van der Waals surface area contributed by atoms with Crippen LogP contribution in [0.5, 0.6) is 6.01 Å². The molecule has 0 aliphatic heterocycles. The number of nitrogens with zero attached hydrogens (tertiary/aromatic N) is 4. The number of benzene rings is 1. The predicted molar refractivity (Wildman–Crippen MR) is 113 cm³/mol. The maximum atomic E-state index is 13.6. The van der Waals surface area contributed by atoms with Gasteiger partial charge < -0.3 is 14.0 Å². The lowest BCUT2D eigenvalue weighted by Gasteiger charge is -2.15. The minimum Gasteiger partial charge on any atom is -0.467 e. The molecule has 152 valence electrons. The van der Waals surface area contributed by atoms with Crippen molar-refractivity contribution in [1.82, 2.24) is 14.5 Å². The zero-order valence-corrected chi connectivity index (χ0v) is 18.4. The maximum absolute atomic E-state index is 13.6. The fourth-order valence-corrected chi connectivity index (χ4v) is 3.83. The van der Waals surface area contributed by atoms with Crippen LogP contribution in [0.2, 0.25) is 25.7 Å². The summed E-state index contributed by atoms with van der Waals surface area (Å²) in [4.78, 5) is 8.93. The van der Waals surface area contributed by atoms with Gasteiger partial charge in [0.15, 0.2) is 5.65 Å². The van der Waals surface area contributed by atoms with E-state index in [2.05, 4.69) is 35.7 Å². The largest absolute Gasteiger partial charge is 0.467 e. The van der Waals surface area contributed by atoms with E-state index in [0.717, 1.165) is 17.2 Å². The summed E-state index contributed by atoms with van der Waals surface area (Å²) in [5, 5.41) is 10.3. The van der Waals surface area contributed by atoms with Gasteiger partial charge in [0, 0.05) is 26.4 Å². The van der Waals surface area contributed by atoms with Gasteiger partial charge in [-0.25, -0.2) is 4.39 Å². The van der Waals surface area contributed by atoms with Crippen molar-refractivity contribution in [2.45, 2.75) is 39.3 Å². The summed E-state index contributed by atoms with van der Waals surface area (Å²) in [6.07, 6.45) is 1.72. The van der Waals surface area contributed by atoms with Crippen LogP contribution in [0, 0.1) is 24.1 Å². The van der Waals surface area contributed by atoms with Crippen molar-refractivity contribution in [1.29, 1.82) is 5.26 Å². The Labute approximate surface area is 170 Å². The van der Waals surface area contributed by atoms with E-state index >= 15 is 0 Å². The number of fused-ring (bicyclic) bond motifs is 1. The number of hydrogen-bond acceptors (Lipinski definition) is 5. The van der Waals surface area contributed by atoms with Crippen LogP contribution in [0.15, 0.2) is 24.4 Å². The number of nitriles is 1. The van der Waals surface area contributed by atoms with E-state index in [1.165, 1.54) is 19.2 Å². The number of rotatable bonds is 7. The summed E-state index contributed by atoms with van der Waals surface area (Å²) in [6, 6.07) is 7.94. The lowest BCUT2D eigenvalue weighted by Crippen LogP contribution is -2.22. The molecule has 3 aromatic rings. The molecule has 0 unspecified atom stereocenters. The van der Waals surface area contributed by atoms with Gasteiger partial charge in [0.2, 0.25) is 0 Å². The van der Waals surface area contributed by atoms with E-state index in [9.17, 15) is 9.65 Å². The second kappa shape index (κ2) is 8.31. The fraction of sp³-hybridized carbons (Fsp3) is 0.381. The van der Waals surface area contributed by atoms with Gasteiger partial charge in [-0.1, -0.05) is 19.6 Å². The van der Waals surface area contributed by atoms with Gasteiger partial charge in [0.25, 0.3) is 0 Å². The molecule has 0 N–H and O–H groups in total. The number of aromatic nitrogens is 3. The topological polar surface area (TPSA) is 73.0 Å². The van der Waals surface area contributed by atoms with Crippen molar-refractivity contribution in [3.63, 3.8) is 0 Å². The molecule has 3 rings (SSSR count). The quantitative estimate of drug-likeness (QED) is 0.414. The van der Waals surface area contributed by atoms with Crippen molar-refractivity contribution < 1.29 is 13.9 Å². The zero-order valence-electron chi connectivity index (χ0n) is 17.4. The summed E-state index contributed by atoms with van der Waals surface area (Å²) in [6.45, 7) is 9.63. The molecule has 2 aromatic heterocycles. The molecule has 0 atom stereocenters. The number of hydrogen-bond donors (Lipinski definition) is 0. The van der Waals surface area contributed by atoms with Gasteiger partial charge in [0.05, 0.1) is 23.8 Å². The molecular weight excluding hydrogens is 387 g/mol. The smallest absolute Gasteiger partial charge is 0.318 e. The fourth-order valence-electron chi connectivity index (χ4n) is 3.07. The van der Waals surface area contributed by atoms with Crippen LogP contribution in [-0.2, 0) is 11.5 Å². The molecule has 0 aliphatic carbocycles. The molecule has 0 saturated carbocycles. The summed E-state index contributed by atoms with van der Waals surface area (Å²) < 4.78 is 26.5. The lowest BCUT2D eigenvalue weighted by molar-refractivity contribution is 0.0898. The molecule has 2 heterocycles. The van der Waals surface area contributed by atoms with E-state index in [0.29, 0.717) is 28.9 Å². The first-order valence-corrected chi connectivity index (χ1v) is 13.1. The summed E-state index contributed by atoms with van der Waals surface area (Å²) in [5.74, 6) is -0.322. The standard InChI is InChI=1S/C21H25FN4O2Si/c1-14-10-16(22)6-7-17(14)19-18-15(11-23)12-26(13-28-8-9-29(3,4)5)20(18)25-21(24-19)27-2/h6-7,10,12H,8-9,13H2,1-5H3. The Morgan fingerprint density at radius 1 is 1.24 bits per heavy atom. The lowest BCUT2D eigenvalue weighted by atomic mass is 10.0. The van der Waals surface area contributed by atoms with E-state index in [1.807, 2.05) is 0 Å². The molecular formula is C21H25FN4O2Si. The normalized spacial score (nSPS) is 11.6. The third-order valence-electron chi connectivity index (χ3n) is 4.67. The highest BCUT2D eigenvalue weighted by Gasteiger charge is 2.20. The molecule has 29 heavy (non-hydrogen) atoms. The van der Waals surface area contributed by atoms with E-state index < -0.39 is 8.07 Å². The van der Waals surface area contributed by atoms with Crippen LogP contribution < -0.4 is 4.74 Å². The number of halogens is 1. The van der Waals surface area contributed by atoms with Crippen LogP contribution >= 0.6 is 0 Å². The van der Waals surface area contributed by atoms with Gasteiger partial charge in [-0.15, -0.1) is 0 Å². The molecule has 0 fully saturated rings. The Balaban J connectivity index is 2.09. The SMILES string of the molecule is COc1nc(-c2ccc(F)cc2C)c2c(C#N)cn(COCC[Si](C)(C)C)c2n1. The Morgan fingerprint density at radius 2 is 2.00 bits per heavy atom. The van der Waals surface area contributed by atoms with Gasteiger partial charge >= 0.3 is 6.01 Å². The zero-order chi connectivity index (χ0) is 21.2. The third-order valence-corrected chi connectivity index (χ3v) is 6.37. The number of aryl methyl sites for hydroxylation is 1. The van der Waals surface area contributed by atoms with E-state index in [-0.39, 0.29) is 18.6 Å². The first-order chi connectivity index (χ1) is 13.7. The van der Waals surface area contributed by atoms with Gasteiger partial charge in [-0.2, -0.15) is 15.2 Å². The monoisotopic (exact) mass is 412 g/mol. The summed E-state index contributed by atoms with van der Waals surface area (Å²) in [7, 11) is 0.299. The molecule has 0 spiro atoms. The maximum Gasteiger partial charge on any atom is 0.318 e. The average molecular weight is 413 g/mol. The first-order valence-electron chi connectivity index (χ1n) is 9.43. The highest BCUT2D eigenvalue weighted by atomic mass is 28.3. The van der Waals surface area contributed by atoms with Crippen molar-refractivity contribution in [3.8, 4) is 23.3 Å². The summed E-state index contributed by atoms with van der Waals surface area (Å²) >= 11 is 0. The van der Waals surface area contributed by atoms with E-state index in [4.69, 9.17) is 9.47 Å². The van der Waals surface area contributed by atoms with Crippen molar-refractivity contribution >= 4 is 19.1 Å². The van der Waals surface area contributed by atoms with Crippen LogP contribution in [0.25, 0.3) is 22.3 Å². The van der Waals surface area contributed by atoms with Crippen LogP contribution in [0.3, 0.4) is 0 Å². The third kappa shape index (κ3) is 4.63. The van der Waals surface area contributed by atoms with Gasteiger partial charge in [-0.05, 0) is 36.7 Å². The van der Waals surface area contributed by atoms with Crippen LogP contribution in [0.1, 0.15) is 11.1 Å². The minimum absolute atomic E-state index is 0.183. The number of methoxy groups -OCH3 is 1. The van der Waals surface area contributed by atoms with Crippen LogP contribution in [-0.4, -0.2) is 36.3 Å². The Morgan fingerprint density at radius 3 is 2.62 bits per heavy atom. The Kier molecular flexibility index (Phi) is 6.01. The van der Waals surface area contributed by atoms with E-state index in [1.54, 1.807) is 23.8 Å². The molecule has 0 radical (unpaired) electrons. The molecule has 0 aliphatic rings. The Bertz CT molecular complexity index is 1080. The predicted octanol–water partition coefficient (Wildman–Crippen LogP) is 4.74. The molecule has 1 aromatic carbocycles. The highest BCUT2D eigenvalue weighted by Crippen LogP contribution is 2.33. The first kappa shape index (κ1) is 21.0. The summed E-state index contributed by atoms with van der Waals surface area (Å²) in [5.41, 5.74) is 2.98. The van der Waals surface area contributed by atoms with Crippen LogP contribution in [0.4, 0.5) is 4.39 Å².